The van der Waals surface area contributed by atoms with Crippen molar-refractivity contribution in [3.63, 3.8) is 0 Å². The Kier molecular flexibility index (Phi) is 6.01. The van der Waals surface area contributed by atoms with Gasteiger partial charge < -0.3 is 14.7 Å². The molecule has 1 unspecified atom stereocenters. The van der Waals surface area contributed by atoms with Crippen LogP contribution in [0.5, 0.6) is 11.5 Å². The number of benzene rings is 2. The number of hydrogen-bond donors (Lipinski definition) is 1. The maximum absolute atomic E-state index is 13.3. The smallest absolute Gasteiger partial charge is 0.290 e. The first-order chi connectivity index (χ1) is 15.8. The fourth-order valence-electron chi connectivity index (χ4n) is 3.86. The molecular formula is C27H26N2O4. The molecular weight excluding hydrogens is 416 g/mol. The summed E-state index contributed by atoms with van der Waals surface area (Å²) in [4.78, 5) is 32.0. The molecule has 168 valence electrons. The fraction of sp³-hybridized carbons (Fsp3) is 0.222. The number of rotatable bonds is 6. The molecule has 1 N–H and O–H groups in total. The summed E-state index contributed by atoms with van der Waals surface area (Å²) in [5, 5.41) is 10.8. The highest BCUT2D eigenvalue weighted by atomic mass is 16.5. The van der Waals surface area contributed by atoms with Crippen molar-refractivity contribution in [2.75, 3.05) is 0 Å². The van der Waals surface area contributed by atoms with Crippen LogP contribution < -0.4 is 4.74 Å². The summed E-state index contributed by atoms with van der Waals surface area (Å²) in [7, 11) is 0. The van der Waals surface area contributed by atoms with Crippen molar-refractivity contribution in [2.24, 2.45) is 5.41 Å². The summed E-state index contributed by atoms with van der Waals surface area (Å²) in [6, 6.07) is 19.5. The molecule has 1 aliphatic rings. The number of hydrogen-bond acceptors (Lipinski definition) is 5. The van der Waals surface area contributed by atoms with Gasteiger partial charge in [0.05, 0.1) is 11.6 Å². The lowest BCUT2D eigenvalue weighted by molar-refractivity contribution is -0.130. The minimum Gasteiger partial charge on any atom is -0.503 e. The topological polar surface area (TPSA) is 79.7 Å². The lowest BCUT2D eigenvalue weighted by atomic mass is 9.82. The molecule has 33 heavy (non-hydrogen) atoms. The van der Waals surface area contributed by atoms with E-state index in [1.165, 1.54) is 4.90 Å². The molecule has 0 aliphatic carbocycles. The number of amides is 1. The van der Waals surface area contributed by atoms with E-state index in [0.29, 0.717) is 17.1 Å². The molecule has 1 aliphatic heterocycles. The van der Waals surface area contributed by atoms with E-state index >= 15 is 0 Å². The summed E-state index contributed by atoms with van der Waals surface area (Å²) in [5.41, 5.74) is 0.866. The number of carbonyl (C=O) groups is 2. The molecule has 2 aromatic carbocycles. The van der Waals surface area contributed by atoms with Crippen LogP contribution in [0.1, 0.15) is 37.9 Å². The summed E-state index contributed by atoms with van der Waals surface area (Å²) < 4.78 is 5.97. The van der Waals surface area contributed by atoms with E-state index in [1.807, 2.05) is 48.5 Å². The van der Waals surface area contributed by atoms with E-state index in [1.54, 1.807) is 51.4 Å². The van der Waals surface area contributed by atoms with Crippen LogP contribution in [0, 0.1) is 5.41 Å². The molecule has 0 saturated heterocycles. The van der Waals surface area contributed by atoms with Gasteiger partial charge >= 0.3 is 0 Å². The van der Waals surface area contributed by atoms with E-state index in [2.05, 4.69) is 4.98 Å². The van der Waals surface area contributed by atoms with Crippen LogP contribution in [0.4, 0.5) is 0 Å². The monoisotopic (exact) mass is 442 g/mol. The van der Waals surface area contributed by atoms with Crippen molar-refractivity contribution < 1.29 is 19.4 Å². The highest BCUT2D eigenvalue weighted by Crippen LogP contribution is 2.42. The third-order valence-corrected chi connectivity index (χ3v) is 5.48. The molecule has 1 aromatic heterocycles. The Balaban J connectivity index is 1.77. The van der Waals surface area contributed by atoms with Crippen molar-refractivity contribution in [2.45, 2.75) is 33.4 Å². The van der Waals surface area contributed by atoms with Gasteiger partial charge in [-0.2, -0.15) is 0 Å². The molecule has 6 heteroatoms. The molecule has 1 atom stereocenters. The van der Waals surface area contributed by atoms with Gasteiger partial charge in [0.15, 0.2) is 11.5 Å². The standard InChI is InChI=1S/C27H26N2O4/c1-27(2,3)25(31)22-23(29(26(32)24(22)30)17-18-12-14-28-15-13-18)19-8-7-11-21(16-19)33-20-9-5-4-6-10-20/h4-16,23,30H,17H2,1-3H3. The third kappa shape index (κ3) is 4.65. The number of pyridine rings is 1. The zero-order valence-electron chi connectivity index (χ0n) is 18.9. The molecule has 0 fully saturated rings. The lowest BCUT2D eigenvalue weighted by Gasteiger charge is -2.29. The van der Waals surface area contributed by atoms with Gasteiger partial charge in [0.1, 0.15) is 11.5 Å². The second-order valence-corrected chi connectivity index (χ2v) is 9.02. The Bertz CT molecular complexity index is 1200. The summed E-state index contributed by atoms with van der Waals surface area (Å²) >= 11 is 0. The zero-order chi connectivity index (χ0) is 23.6. The highest BCUT2D eigenvalue weighted by Gasteiger charge is 2.46. The number of ketones is 1. The average Bonchev–Trinajstić information content (AvgIpc) is 3.04. The fourth-order valence-corrected chi connectivity index (χ4v) is 3.86. The van der Waals surface area contributed by atoms with Gasteiger partial charge in [-0.15, -0.1) is 0 Å². The largest absolute Gasteiger partial charge is 0.503 e. The van der Waals surface area contributed by atoms with E-state index in [4.69, 9.17) is 4.74 Å². The molecule has 4 rings (SSSR count). The Morgan fingerprint density at radius 1 is 1.00 bits per heavy atom. The number of aromatic nitrogens is 1. The van der Waals surface area contributed by atoms with Gasteiger partial charge in [-0.3, -0.25) is 14.6 Å². The maximum Gasteiger partial charge on any atom is 0.290 e. The molecule has 6 nitrogen and oxygen atoms in total. The van der Waals surface area contributed by atoms with Gasteiger partial charge in [0, 0.05) is 24.4 Å². The summed E-state index contributed by atoms with van der Waals surface area (Å²) in [6.45, 7) is 5.55. The van der Waals surface area contributed by atoms with Gasteiger partial charge in [-0.25, -0.2) is 0 Å². The Morgan fingerprint density at radius 3 is 2.33 bits per heavy atom. The number of aliphatic hydroxyl groups excluding tert-OH is 1. The zero-order valence-corrected chi connectivity index (χ0v) is 18.9. The van der Waals surface area contributed by atoms with E-state index in [0.717, 1.165) is 5.56 Å². The minimum atomic E-state index is -0.771. The van der Waals surface area contributed by atoms with Crippen molar-refractivity contribution in [3.05, 3.63) is 102 Å². The van der Waals surface area contributed by atoms with Crippen molar-refractivity contribution in [1.82, 2.24) is 9.88 Å². The van der Waals surface area contributed by atoms with Gasteiger partial charge in [-0.05, 0) is 47.5 Å². The minimum absolute atomic E-state index is 0.110. The number of Topliss-reactive ketones (excluding diaryl/α,β-unsaturated/α-hetero) is 1. The van der Waals surface area contributed by atoms with Gasteiger partial charge in [0.25, 0.3) is 5.91 Å². The van der Waals surface area contributed by atoms with Crippen LogP contribution in [0.2, 0.25) is 0 Å². The predicted molar refractivity (Wildman–Crippen MR) is 125 cm³/mol. The number of aliphatic hydroxyl groups is 1. The number of nitrogens with zero attached hydrogens (tertiary/aromatic N) is 2. The van der Waals surface area contributed by atoms with Crippen molar-refractivity contribution in [1.29, 1.82) is 0 Å². The second kappa shape index (κ2) is 8.90. The first-order valence-corrected chi connectivity index (χ1v) is 10.8. The highest BCUT2D eigenvalue weighted by molar-refractivity contribution is 6.10. The van der Waals surface area contributed by atoms with Crippen LogP contribution in [0.15, 0.2) is 90.5 Å². The summed E-state index contributed by atoms with van der Waals surface area (Å²) in [6.07, 6.45) is 3.29. The predicted octanol–water partition coefficient (Wildman–Crippen LogP) is 5.38. The first kappa shape index (κ1) is 22.3. The van der Waals surface area contributed by atoms with Crippen LogP contribution in [-0.2, 0) is 16.1 Å². The maximum atomic E-state index is 13.3. The molecule has 0 radical (unpaired) electrons. The second-order valence-electron chi connectivity index (χ2n) is 9.02. The van der Waals surface area contributed by atoms with Crippen LogP contribution in [0.3, 0.4) is 0 Å². The molecule has 0 saturated carbocycles. The number of ether oxygens (including phenoxy) is 1. The molecule has 1 amide bonds. The SMILES string of the molecule is CC(C)(C)C(=O)C1=C(O)C(=O)N(Cc2ccncc2)C1c1cccc(Oc2ccccc2)c1. The molecule has 0 spiro atoms. The van der Waals surface area contributed by atoms with Crippen LogP contribution in [0.25, 0.3) is 0 Å². The summed E-state index contributed by atoms with van der Waals surface area (Å²) in [5.74, 6) is -0.0914. The Morgan fingerprint density at radius 2 is 1.67 bits per heavy atom. The van der Waals surface area contributed by atoms with Crippen LogP contribution in [-0.4, -0.2) is 26.7 Å². The van der Waals surface area contributed by atoms with Crippen LogP contribution >= 0.6 is 0 Å². The van der Waals surface area contributed by atoms with Gasteiger partial charge in [0.2, 0.25) is 0 Å². The van der Waals surface area contributed by atoms with E-state index in [9.17, 15) is 14.7 Å². The lowest BCUT2D eigenvalue weighted by Crippen LogP contribution is -2.32. The van der Waals surface area contributed by atoms with E-state index in [-0.39, 0.29) is 17.9 Å². The first-order valence-electron chi connectivity index (χ1n) is 10.8. The number of para-hydroxylation sites is 1. The quantitative estimate of drug-likeness (QED) is 0.554. The van der Waals surface area contributed by atoms with Gasteiger partial charge in [-0.1, -0.05) is 51.1 Å². The Labute approximate surface area is 193 Å². The third-order valence-electron chi connectivity index (χ3n) is 5.48. The van der Waals surface area contributed by atoms with Crippen molar-refractivity contribution >= 4 is 11.7 Å². The molecule has 0 bridgehead atoms. The van der Waals surface area contributed by atoms with Crippen molar-refractivity contribution in [3.8, 4) is 11.5 Å². The van der Waals surface area contributed by atoms with E-state index < -0.39 is 23.1 Å². The molecule has 2 heterocycles. The average molecular weight is 443 g/mol. The Hall–Kier alpha value is -3.93. The molecule has 3 aromatic rings. The number of carbonyl (C=O) groups excluding carboxylic acids is 2. The normalized spacial score (nSPS) is 16.3.